The highest BCUT2D eigenvalue weighted by Crippen LogP contribution is 2.19. The number of hydrogen-bond acceptors (Lipinski definition) is 5. The minimum atomic E-state index is 0.219. The molecule has 22 heavy (non-hydrogen) atoms. The molecule has 1 heterocycles. The van der Waals surface area contributed by atoms with Crippen LogP contribution in [0.3, 0.4) is 0 Å². The summed E-state index contributed by atoms with van der Waals surface area (Å²) < 4.78 is 12.7. The number of rotatable bonds is 7. The van der Waals surface area contributed by atoms with Crippen molar-refractivity contribution in [2.24, 2.45) is 0 Å². The molecule has 114 valence electrons. The third kappa shape index (κ3) is 3.85. The maximum atomic E-state index is 9.10. The van der Waals surface area contributed by atoms with Crippen LogP contribution in [0.15, 0.2) is 36.4 Å². The fourth-order valence-electron chi connectivity index (χ4n) is 1.90. The van der Waals surface area contributed by atoms with Gasteiger partial charge in [0.2, 0.25) is 0 Å². The lowest BCUT2D eigenvalue weighted by atomic mass is 10.3. The van der Waals surface area contributed by atoms with Crippen LogP contribution in [0.2, 0.25) is 0 Å². The van der Waals surface area contributed by atoms with Gasteiger partial charge in [0, 0.05) is 0 Å². The molecule has 2 aromatic rings. The van der Waals surface area contributed by atoms with E-state index in [1.165, 1.54) is 0 Å². The Morgan fingerprint density at radius 2 is 1.91 bits per heavy atom. The highest BCUT2D eigenvalue weighted by Gasteiger charge is 2.13. The molecule has 0 aliphatic rings. The average Bonchev–Trinajstić information content (AvgIpc) is 2.88. The molecule has 0 unspecified atom stereocenters. The summed E-state index contributed by atoms with van der Waals surface area (Å²) in [6.07, 6.45) is 0. The zero-order chi connectivity index (χ0) is 15.9. The molecular formula is C16H18N4O2. The zero-order valence-corrected chi connectivity index (χ0v) is 12.7. The first-order valence-corrected chi connectivity index (χ1v) is 6.96. The van der Waals surface area contributed by atoms with E-state index in [9.17, 15) is 0 Å². The Morgan fingerprint density at radius 3 is 2.45 bits per heavy atom. The molecule has 6 nitrogen and oxygen atoms in total. The topological polar surface area (TPSA) is 73.0 Å². The summed E-state index contributed by atoms with van der Waals surface area (Å²) in [6.45, 7) is 9.03. The van der Waals surface area contributed by atoms with Crippen LogP contribution in [0.4, 0.5) is 0 Å². The molecule has 0 bridgehead atoms. The summed E-state index contributed by atoms with van der Waals surface area (Å²) >= 11 is 0. The van der Waals surface area contributed by atoms with Crippen molar-refractivity contribution in [1.82, 2.24) is 15.0 Å². The van der Waals surface area contributed by atoms with Crippen LogP contribution < -0.4 is 9.47 Å². The van der Waals surface area contributed by atoms with Crippen molar-refractivity contribution in [3.8, 4) is 17.6 Å². The van der Waals surface area contributed by atoms with Gasteiger partial charge in [-0.25, -0.2) is 4.68 Å². The van der Waals surface area contributed by atoms with Gasteiger partial charge in [-0.15, -0.1) is 5.10 Å². The van der Waals surface area contributed by atoms with Gasteiger partial charge < -0.3 is 9.47 Å². The highest BCUT2D eigenvalue weighted by atomic mass is 16.5. The second-order valence-electron chi connectivity index (χ2n) is 4.80. The van der Waals surface area contributed by atoms with Gasteiger partial charge in [0.05, 0.1) is 13.2 Å². The van der Waals surface area contributed by atoms with Gasteiger partial charge >= 0.3 is 0 Å². The standard InChI is InChI=1S/C16H18N4O2/c1-4-21-13-5-7-14(8-6-13)22-11-16-15(9-17)18-19-20(16)10-12(2)3/h5-8H,2,4,10-11H2,1,3H3. The van der Waals surface area contributed by atoms with E-state index in [4.69, 9.17) is 14.7 Å². The summed E-state index contributed by atoms with van der Waals surface area (Å²) in [6, 6.07) is 9.36. The van der Waals surface area contributed by atoms with E-state index in [1.807, 2.05) is 44.2 Å². The van der Waals surface area contributed by atoms with E-state index in [-0.39, 0.29) is 12.3 Å². The monoisotopic (exact) mass is 298 g/mol. The molecule has 6 heteroatoms. The SMILES string of the molecule is C=C(C)Cn1nnc(C#N)c1COc1ccc(OCC)cc1. The van der Waals surface area contributed by atoms with E-state index < -0.39 is 0 Å². The minimum Gasteiger partial charge on any atom is -0.494 e. The van der Waals surface area contributed by atoms with E-state index in [2.05, 4.69) is 16.9 Å². The third-order valence-electron chi connectivity index (χ3n) is 2.87. The number of allylic oxidation sites excluding steroid dienone is 1. The Labute approximate surface area is 129 Å². The molecule has 0 amide bonds. The van der Waals surface area contributed by atoms with Gasteiger partial charge in [-0.2, -0.15) is 5.26 Å². The Kier molecular flexibility index (Phi) is 5.15. The average molecular weight is 298 g/mol. The number of aromatic nitrogens is 3. The molecule has 1 aromatic heterocycles. The molecule has 0 saturated carbocycles. The van der Waals surface area contributed by atoms with Crippen LogP contribution in [-0.4, -0.2) is 21.6 Å². The van der Waals surface area contributed by atoms with Crippen LogP contribution >= 0.6 is 0 Å². The Hall–Kier alpha value is -2.81. The van der Waals surface area contributed by atoms with Crippen molar-refractivity contribution >= 4 is 0 Å². The van der Waals surface area contributed by atoms with Crippen LogP contribution in [-0.2, 0) is 13.2 Å². The van der Waals surface area contributed by atoms with Crippen molar-refractivity contribution in [3.05, 3.63) is 47.8 Å². The highest BCUT2D eigenvalue weighted by molar-refractivity contribution is 5.32. The summed E-state index contributed by atoms with van der Waals surface area (Å²) in [4.78, 5) is 0. The molecule has 0 spiro atoms. The second-order valence-corrected chi connectivity index (χ2v) is 4.80. The van der Waals surface area contributed by atoms with Gasteiger partial charge in [-0.3, -0.25) is 0 Å². The molecule has 0 radical (unpaired) electrons. The smallest absolute Gasteiger partial charge is 0.189 e. The van der Waals surface area contributed by atoms with Crippen LogP contribution in [0.1, 0.15) is 25.2 Å². The largest absolute Gasteiger partial charge is 0.494 e. The quantitative estimate of drug-likeness (QED) is 0.735. The minimum absolute atomic E-state index is 0.219. The molecule has 0 N–H and O–H groups in total. The maximum absolute atomic E-state index is 9.10. The molecular weight excluding hydrogens is 280 g/mol. The number of benzene rings is 1. The summed E-state index contributed by atoms with van der Waals surface area (Å²) in [7, 11) is 0. The van der Waals surface area contributed by atoms with Crippen LogP contribution in [0, 0.1) is 11.3 Å². The summed E-state index contributed by atoms with van der Waals surface area (Å²) in [5, 5.41) is 16.9. The molecule has 0 saturated heterocycles. The maximum Gasteiger partial charge on any atom is 0.189 e. The number of hydrogen-bond donors (Lipinski definition) is 0. The van der Waals surface area contributed by atoms with Crippen molar-refractivity contribution in [2.75, 3.05) is 6.61 Å². The van der Waals surface area contributed by atoms with Crippen LogP contribution in [0.5, 0.6) is 11.5 Å². The van der Waals surface area contributed by atoms with Gasteiger partial charge in [0.1, 0.15) is 29.9 Å². The predicted octanol–water partition coefficient (Wildman–Crippen LogP) is 2.70. The first-order chi connectivity index (χ1) is 10.6. The van der Waals surface area contributed by atoms with Gasteiger partial charge in [0.15, 0.2) is 5.69 Å². The predicted molar refractivity (Wildman–Crippen MR) is 81.5 cm³/mol. The summed E-state index contributed by atoms with van der Waals surface area (Å²) in [5.74, 6) is 1.48. The molecule has 2 rings (SSSR count). The lowest BCUT2D eigenvalue weighted by Gasteiger charge is -2.09. The van der Waals surface area contributed by atoms with Crippen LogP contribution in [0.25, 0.3) is 0 Å². The van der Waals surface area contributed by atoms with E-state index in [0.717, 1.165) is 11.3 Å². The fourth-order valence-corrected chi connectivity index (χ4v) is 1.90. The number of ether oxygens (including phenoxy) is 2. The first kappa shape index (κ1) is 15.6. The number of nitriles is 1. The lowest BCUT2D eigenvalue weighted by Crippen LogP contribution is -2.09. The molecule has 1 aromatic carbocycles. The van der Waals surface area contributed by atoms with Crippen molar-refractivity contribution < 1.29 is 9.47 Å². The Morgan fingerprint density at radius 1 is 1.27 bits per heavy atom. The van der Waals surface area contributed by atoms with Crippen molar-refractivity contribution in [3.63, 3.8) is 0 Å². The Balaban J connectivity index is 2.08. The second kappa shape index (κ2) is 7.27. The van der Waals surface area contributed by atoms with Crippen molar-refractivity contribution in [2.45, 2.75) is 27.0 Å². The zero-order valence-electron chi connectivity index (χ0n) is 12.7. The molecule has 0 aliphatic carbocycles. The molecule has 0 aliphatic heterocycles. The number of nitrogens with zero attached hydrogens (tertiary/aromatic N) is 4. The first-order valence-electron chi connectivity index (χ1n) is 6.96. The lowest BCUT2D eigenvalue weighted by molar-refractivity contribution is 0.291. The van der Waals surface area contributed by atoms with Gasteiger partial charge in [-0.1, -0.05) is 17.4 Å². The molecule has 0 atom stereocenters. The Bertz CT molecular complexity index is 683. The fraction of sp³-hybridized carbons (Fsp3) is 0.312. The van der Waals surface area contributed by atoms with Gasteiger partial charge in [0.25, 0.3) is 0 Å². The van der Waals surface area contributed by atoms with Crippen molar-refractivity contribution in [1.29, 1.82) is 5.26 Å². The van der Waals surface area contributed by atoms with E-state index in [1.54, 1.807) is 4.68 Å². The molecule has 0 fully saturated rings. The summed E-state index contributed by atoms with van der Waals surface area (Å²) in [5.41, 5.74) is 1.84. The van der Waals surface area contributed by atoms with Gasteiger partial charge in [-0.05, 0) is 38.1 Å². The normalized spacial score (nSPS) is 10.0. The van der Waals surface area contributed by atoms with E-state index in [0.29, 0.717) is 24.6 Å². The third-order valence-corrected chi connectivity index (χ3v) is 2.87. The van der Waals surface area contributed by atoms with E-state index >= 15 is 0 Å².